The summed E-state index contributed by atoms with van der Waals surface area (Å²) in [5, 5.41) is 0. The van der Waals surface area contributed by atoms with Crippen LogP contribution in [0.3, 0.4) is 0 Å². The lowest BCUT2D eigenvalue weighted by Crippen LogP contribution is -2.32. The number of fused-ring (bicyclic) bond motifs is 1. The van der Waals surface area contributed by atoms with Gasteiger partial charge in [-0.25, -0.2) is 0 Å². The molecule has 2 aliphatic rings. The smallest absolute Gasteiger partial charge is 0.231 e. The molecular formula is C14H19NO2. The SMILES string of the molecule is CCc1cc2c(cc1C1(C(C)N)CC1)OCO2. The summed E-state index contributed by atoms with van der Waals surface area (Å²) in [5.74, 6) is 1.76. The summed E-state index contributed by atoms with van der Waals surface area (Å²) in [5.41, 5.74) is 9.07. The molecule has 0 saturated heterocycles. The fourth-order valence-electron chi connectivity index (χ4n) is 2.84. The highest BCUT2D eigenvalue weighted by atomic mass is 16.7. The minimum atomic E-state index is 0.187. The van der Waals surface area contributed by atoms with Crippen molar-refractivity contribution in [3.63, 3.8) is 0 Å². The minimum absolute atomic E-state index is 0.187. The van der Waals surface area contributed by atoms with Gasteiger partial charge in [0.05, 0.1) is 0 Å². The van der Waals surface area contributed by atoms with Gasteiger partial charge in [-0.3, -0.25) is 0 Å². The van der Waals surface area contributed by atoms with E-state index in [0.717, 1.165) is 17.9 Å². The van der Waals surface area contributed by atoms with Crippen LogP contribution in [0.2, 0.25) is 0 Å². The van der Waals surface area contributed by atoms with Crippen LogP contribution in [0.5, 0.6) is 11.5 Å². The number of ether oxygens (including phenoxy) is 2. The largest absolute Gasteiger partial charge is 0.454 e. The molecule has 92 valence electrons. The first-order chi connectivity index (χ1) is 8.17. The molecule has 1 fully saturated rings. The van der Waals surface area contributed by atoms with Crippen molar-refractivity contribution in [2.75, 3.05) is 6.79 Å². The molecule has 2 N–H and O–H groups in total. The third kappa shape index (κ3) is 1.53. The van der Waals surface area contributed by atoms with Gasteiger partial charge in [0.25, 0.3) is 0 Å². The van der Waals surface area contributed by atoms with Crippen LogP contribution in [0.25, 0.3) is 0 Å². The number of rotatable bonds is 3. The lowest BCUT2D eigenvalue weighted by Gasteiger charge is -2.23. The normalized spacial score (nSPS) is 21.4. The quantitative estimate of drug-likeness (QED) is 0.871. The van der Waals surface area contributed by atoms with Crippen LogP contribution in [0.4, 0.5) is 0 Å². The lowest BCUT2D eigenvalue weighted by molar-refractivity contribution is 0.174. The van der Waals surface area contributed by atoms with Crippen LogP contribution >= 0.6 is 0 Å². The van der Waals surface area contributed by atoms with Gasteiger partial charge in [0.2, 0.25) is 6.79 Å². The molecule has 1 aromatic rings. The van der Waals surface area contributed by atoms with Crippen molar-refractivity contribution in [1.29, 1.82) is 0 Å². The summed E-state index contributed by atoms with van der Waals surface area (Å²) in [6.07, 6.45) is 3.40. The zero-order chi connectivity index (χ0) is 12.0. The lowest BCUT2D eigenvalue weighted by atomic mass is 9.85. The number of hydrogen-bond donors (Lipinski definition) is 1. The van der Waals surface area contributed by atoms with Gasteiger partial charge in [-0.15, -0.1) is 0 Å². The first kappa shape index (κ1) is 10.9. The Labute approximate surface area is 102 Å². The second-order valence-corrected chi connectivity index (χ2v) is 5.16. The maximum atomic E-state index is 6.16. The van der Waals surface area contributed by atoms with E-state index < -0.39 is 0 Å². The highest BCUT2D eigenvalue weighted by molar-refractivity contribution is 5.53. The Kier molecular flexibility index (Phi) is 2.33. The van der Waals surface area contributed by atoms with Gasteiger partial charge in [0.15, 0.2) is 11.5 Å². The van der Waals surface area contributed by atoms with Crippen LogP contribution in [0.15, 0.2) is 12.1 Å². The van der Waals surface area contributed by atoms with Crippen molar-refractivity contribution in [3.8, 4) is 11.5 Å². The maximum absolute atomic E-state index is 6.16. The molecule has 1 saturated carbocycles. The van der Waals surface area contributed by atoms with Gasteiger partial charge in [0.1, 0.15) is 0 Å². The second-order valence-electron chi connectivity index (χ2n) is 5.16. The van der Waals surface area contributed by atoms with Gasteiger partial charge in [-0.2, -0.15) is 0 Å². The Balaban J connectivity index is 2.10. The Bertz CT molecular complexity index is 450. The number of hydrogen-bond acceptors (Lipinski definition) is 3. The summed E-state index contributed by atoms with van der Waals surface area (Å²) in [6.45, 7) is 4.63. The van der Waals surface area contributed by atoms with Gasteiger partial charge in [-0.1, -0.05) is 6.92 Å². The molecule has 0 aromatic heterocycles. The van der Waals surface area contributed by atoms with Crippen LogP contribution in [-0.4, -0.2) is 12.8 Å². The van der Waals surface area contributed by atoms with Crippen molar-refractivity contribution < 1.29 is 9.47 Å². The summed E-state index contributed by atoms with van der Waals surface area (Å²) >= 11 is 0. The number of aryl methyl sites for hydroxylation is 1. The van der Waals surface area contributed by atoms with E-state index in [0.29, 0.717) is 6.79 Å². The average molecular weight is 233 g/mol. The van der Waals surface area contributed by atoms with Gasteiger partial charge >= 0.3 is 0 Å². The molecule has 0 bridgehead atoms. The average Bonchev–Trinajstić information content (AvgIpc) is 3.01. The highest BCUT2D eigenvalue weighted by Gasteiger charge is 2.48. The topological polar surface area (TPSA) is 44.5 Å². The molecule has 1 atom stereocenters. The van der Waals surface area contributed by atoms with Crippen LogP contribution < -0.4 is 15.2 Å². The van der Waals surface area contributed by atoms with E-state index in [2.05, 4.69) is 26.0 Å². The van der Waals surface area contributed by atoms with Gasteiger partial charge < -0.3 is 15.2 Å². The first-order valence-corrected chi connectivity index (χ1v) is 6.36. The molecule has 0 radical (unpaired) electrons. The van der Waals surface area contributed by atoms with Gasteiger partial charge in [-0.05, 0) is 49.4 Å². The molecule has 0 spiro atoms. The summed E-state index contributed by atoms with van der Waals surface area (Å²) in [7, 11) is 0. The molecule has 1 unspecified atom stereocenters. The molecule has 3 nitrogen and oxygen atoms in total. The Hall–Kier alpha value is -1.22. The van der Waals surface area contributed by atoms with Crippen molar-refractivity contribution in [2.24, 2.45) is 5.73 Å². The molecule has 1 aromatic carbocycles. The summed E-state index contributed by atoms with van der Waals surface area (Å²) < 4.78 is 10.9. The number of benzene rings is 1. The fraction of sp³-hybridized carbons (Fsp3) is 0.571. The molecule has 3 rings (SSSR count). The third-order valence-corrected chi connectivity index (χ3v) is 4.18. The van der Waals surface area contributed by atoms with Crippen molar-refractivity contribution in [2.45, 2.75) is 44.6 Å². The van der Waals surface area contributed by atoms with E-state index in [-0.39, 0.29) is 11.5 Å². The van der Waals surface area contributed by atoms with E-state index in [9.17, 15) is 0 Å². The Morgan fingerprint density at radius 1 is 1.29 bits per heavy atom. The predicted molar refractivity (Wildman–Crippen MR) is 66.5 cm³/mol. The molecular weight excluding hydrogens is 214 g/mol. The number of nitrogens with two attached hydrogens (primary N) is 1. The van der Waals surface area contributed by atoms with E-state index in [1.807, 2.05) is 0 Å². The van der Waals surface area contributed by atoms with E-state index in [4.69, 9.17) is 15.2 Å². The molecule has 1 aliphatic heterocycles. The van der Waals surface area contributed by atoms with Crippen molar-refractivity contribution in [1.82, 2.24) is 0 Å². The van der Waals surface area contributed by atoms with Crippen LogP contribution in [0.1, 0.15) is 37.8 Å². The zero-order valence-corrected chi connectivity index (χ0v) is 10.5. The maximum Gasteiger partial charge on any atom is 0.231 e. The third-order valence-electron chi connectivity index (χ3n) is 4.18. The molecule has 0 amide bonds. The first-order valence-electron chi connectivity index (χ1n) is 6.36. The molecule has 1 heterocycles. The van der Waals surface area contributed by atoms with Crippen molar-refractivity contribution in [3.05, 3.63) is 23.3 Å². The summed E-state index contributed by atoms with van der Waals surface area (Å²) in [6, 6.07) is 4.48. The van der Waals surface area contributed by atoms with Crippen molar-refractivity contribution >= 4 is 0 Å². The fourth-order valence-corrected chi connectivity index (χ4v) is 2.84. The summed E-state index contributed by atoms with van der Waals surface area (Å²) in [4.78, 5) is 0. The highest BCUT2D eigenvalue weighted by Crippen LogP contribution is 2.53. The van der Waals surface area contributed by atoms with Crippen LogP contribution in [0, 0.1) is 0 Å². The predicted octanol–water partition coefficient (Wildman–Crippen LogP) is 2.36. The van der Waals surface area contributed by atoms with E-state index >= 15 is 0 Å². The van der Waals surface area contributed by atoms with Crippen LogP contribution in [-0.2, 0) is 11.8 Å². The standard InChI is InChI=1S/C14H19NO2/c1-3-10-6-12-13(17-8-16-12)7-11(10)14(4-5-14)9(2)15/h6-7,9H,3-5,8,15H2,1-2H3. The minimum Gasteiger partial charge on any atom is -0.454 e. The Morgan fingerprint density at radius 2 is 1.94 bits per heavy atom. The van der Waals surface area contributed by atoms with Gasteiger partial charge in [0, 0.05) is 11.5 Å². The monoisotopic (exact) mass is 233 g/mol. The molecule has 3 heteroatoms. The molecule has 1 aliphatic carbocycles. The Morgan fingerprint density at radius 3 is 2.47 bits per heavy atom. The molecule has 17 heavy (non-hydrogen) atoms. The second kappa shape index (κ2) is 3.64. The van der Waals surface area contributed by atoms with E-state index in [1.54, 1.807) is 0 Å². The van der Waals surface area contributed by atoms with E-state index in [1.165, 1.54) is 24.0 Å². The zero-order valence-electron chi connectivity index (χ0n) is 10.5.